The van der Waals surface area contributed by atoms with Gasteiger partial charge in [-0.1, -0.05) is 30.3 Å². The highest BCUT2D eigenvalue weighted by Gasteiger charge is 2.19. The monoisotopic (exact) mass is 326 g/mol. The molecule has 1 N–H and O–H groups in total. The first-order valence-electron chi connectivity index (χ1n) is 7.35. The van der Waals surface area contributed by atoms with Crippen LogP contribution in [0.1, 0.15) is 18.0 Å². The molecule has 0 fully saturated rings. The summed E-state index contributed by atoms with van der Waals surface area (Å²) in [5.41, 5.74) is 1.98. The molecule has 23 heavy (non-hydrogen) atoms. The molecular weight excluding hydrogens is 308 g/mol. The molecule has 0 saturated carbocycles. The zero-order valence-electron chi connectivity index (χ0n) is 13.1. The van der Waals surface area contributed by atoms with Crippen LogP contribution in [0.4, 0.5) is 5.82 Å². The van der Waals surface area contributed by atoms with Crippen molar-refractivity contribution in [1.82, 2.24) is 14.9 Å². The van der Waals surface area contributed by atoms with E-state index in [1.807, 2.05) is 41.8 Å². The largest absolute Gasteiger partial charge is 0.361 e. The second-order valence-corrected chi connectivity index (χ2v) is 6.37. The van der Waals surface area contributed by atoms with Crippen LogP contribution >= 0.6 is 11.3 Å². The predicted molar refractivity (Wildman–Crippen MR) is 93.5 cm³/mol. The Morgan fingerprint density at radius 1 is 1.22 bits per heavy atom. The van der Waals surface area contributed by atoms with E-state index in [4.69, 9.17) is 0 Å². The van der Waals surface area contributed by atoms with E-state index >= 15 is 0 Å². The summed E-state index contributed by atoms with van der Waals surface area (Å²) >= 11 is 1.59. The molecule has 0 bridgehead atoms. The summed E-state index contributed by atoms with van der Waals surface area (Å²) in [7, 11) is 3.54. The predicted octanol–water partition coefficient (Wildman–Crippen LogP) is 3.32. The molecule has 0 spiro atoms. The first kappa shape index (κ1) is 15.4. The minimum Gasteiger partial charge on any atom is -0.361 e. The molecule has 118 valence electrons. The number of nitrogens with zero attached hydrogens (tertiary/aromatic N) is 3. The van der Waals surface area contributed by atoms with Crippen molar-refractivity contribution in [2.45, 2.75) is 12.5 Å². The number of benzene rings is 1. The van der Waals surface area contributed by atoms with Crippen molar-refractivity contribution in [3.63, 3.8) is 0 Å². The lowest BCUT2D eigenvalue weighted by Crippen LogP contribution is -2.26. The zero-order chi connectivity index (χ0) is 16.2. The lowest BCUT2D eigenvalue weighted by atomic mass is 10.0. The van der Waals surface area contributed by atoms with Gasteiger partial charge in [0.25, 0.3) is 0 Å². The molecule has 0 aliphatic rings. The van der Waals surface area contributed by atoms with Crippen LogP contribution in [0.25, 0.3) is 10.2 Å². The molecular formula is C17H18N4OS. The normalized spacial score (nSPS) is 12.1. The van der Waals surface area contributed by atoms with Gasteiger partial charge in [-0.3, -0.25) is 4.79 Å². The molecule has 0 radical (unpaired) electrons. The SMILES string of the molecule is CN(C)C(=O)C[C@@H](Nc1ncnc2ccsc12)c1ccccc1. The second kappa shape index (κ2) is 6.75. The van der Waals surface area contributed by atoms with Crippen molar-refractivity contribution in [1.29, 1.82) is 0 Å². The number of anilines is 1. The van der Waals surface area contributed by atoms with E-state index in [-0.39, 0.29) is 11.9 Å². The van der Waals surface area contributed by atoms with Gasteiger partial charge >= 0.3 is 0 Å². The highest BCUT2D eigenvalue weighted by Crippen LogP contribution is 2.29. The summed E-state index contributed by atoms with van der Waals surface area (Å²) in [6.07, 6.45) is 1.92. The third-order valence-corrected chi connectivity index (χ3v) is 4.54. The van der Waals surface area contributed by atoms with Gasteiger partial charge in [0.15, 0.2) is 0 Å². The van der Waals surface area contributed by atoms with Crippen molar-refractivity contribution >= 4 is 33.3 Å². The van der Waals surface area contributed by atoms with Crippen molar-refractivity contribution in [2.24, 2.45) is 0 Å². The summed E-state index contributed by atoms with van der Waals surface area (Å²) < 4.78 is 1.01. The maximum atomic E-state index is 12.2. The van der Waals surface area contributed by atoms with Gasteiger partial charge in [0, 0.05) is 14.1 Å². The molecule has 1 amide bonds. The Bertz CT molecular complexity index is 800. The van der Waals surface area contributed by atoms with Crippen molar-refractivity contribution in [3.05, 3.63) is 53.7 Å². The van der Waals surface area contributed by atoms with Crippen LogP contribution in [0, 0.1) is 0 Å². The van der Waals surface area contributed by atoms with Gasteiger partial charge in [-0.25, -0.2) is 9.97 Å². The molecule has 0 aliphatic heterocycles. The topological polar surface area (TPSA) is 58.1 Å². The molecule has 0 saturated heterocycles. The van der Waals surface area contributed by atoms with Gasteiger partial charge in [-0.15, -0.1) is 11.3 Å². The van der Waals surface area contributed by atoms with Gasteiger partial charge in [0.05, 0.1) is 22.7 Å². The molecule has 1 aromatic carbocycles. The molecule has 6 heteroatoms. The third kappa shape index (κ3) is 3.48. The molecule has 3 rings (SSSR count). The molecule has 2 heterocycles. The maximum Gasteiger partial charge on any atom is 0.224 e. The van der Waals surface area contributed by atoms with E-state index in [0.29, 0.717) is 6.42 Å². The van der Waals surface area contributed by atoms with Gasteiger partial charge in [0.2, 0.25) is 5.91 Å². The number of hydrogen-bond donors (Lipinski definition) is 1. The Hall–Kier alpha value is -2.47. The number of carbonyl (C=O) groups is 1. The minimum atomic E-state index is -0.133. The second-order valence-electron chi connectivity index (χ2n) is 5.46. The van der Waals surface area contributed by atoms with Gasteiger partial charge < -0.3 is 10.2 Å². The average Bonchev–Trinajstić information content (AvgIpc) is 3.04. The van der Waals surface area contributed by atoms with Crippen LogP contribution < -0.4 is 5.32 Å². The first-order valence-corrected chi connectivity index (χ1v) is 8.23. The summed E-state index contributed by atoms with van der Waals surface area (Å²) in [6.45, 7) is 0. The van der Waals surface area contributed by atoms with Crippen molar-refractivity contribution < 1.29 is 4.79 Å². The van der Waals surface area contributed by atoms with E-state index in [1.54, 1.807) is 36.7 Å². The van der Waals surface area contributed by atoms with Gasteiger partial charge in [-0.2, -0.15) is 0 Å². The number of hydrogen-bond acceptors (Lipinski definition) is 5. The number of nitrogens with one attached hydrogen (secondary N) is 1. The van der Waals surface area contributed by atoms with Crippen LogP contribution in [0.2, 0.25) is 0 Å². The number of fused-ring (bicyclic) bond motifs is 1. The highest BCUT2D eigenvalue weighted by molar-refractivity contribution is 7.17. The summed E-state index contributed by atoms with van der Waals surface area (Å²) in [6, 6.07) is 11.8. The Balaban J connectivity index is 1.92. The minimum absolute atomic E-state index is 0.0721. The molecule has 0 unspecified atom stereocenters. The molecule has 5 nitrogen and oxygen atoms in total. The van der Waals surface area contributed by atoms with Gasteiger partial charge in [-0.05, 0) is 17.0 Å². The van der Waals surface area contributed by atoms with Crippen molar-refractivity contribution in [2.75, 3.05) is 19.4 Å². The quantitative estimate of drug-likeness (QED) is 0.781. The molecule has 0 aliphatic carbocycles. The van der Waals surface area contributed by atoms with Crippen LogP contribution in [0.5, 0.6) is 0 Å². The van der Waals surface area contributed by atoms with E-state index in [2.05, 4.69) is 15.3 Å². The Morgan fingerprint density at radius 2 is 2.00 bits per heavy atom. The number of aromatic nitrogens is 2. The highest BCUT2D eigenvalue weighted by atomic mass is 32.1. The lowest BCUT2D eigenvalue weighted by Gasteiger charge is -2.21. The average molecular weight is 326 g/mol. The standard InChI is InChI=1S/C17H18N4OS/c1-21(2)15(22)10-14(12-6-4-3-5-7-12)20-17-16-13(8-9-23-16)18-11-19-17/h3-9,11,14H,10H2,1-2H3,(H,18,19,20)/t14-/m1/s1. The fourth-order valence-corrected chi connectivity index (χ4v) is 3.15. The summed E-state index contributed by atoms with van der Waals surface area (Å²) in [5, 5.41) is 5.42. The Morgan fingerprint density at radius 3 is 2.74 bits per heavy atom. The zero-order valence-corrected chi connectivity index (χ0v) is 13.9. The number of amides is 1. The summed E-state index contributed by atoms with van der Waals surface area (Å²) in [4.78, 5) is 22.4. The summed E-state index contributed by atoms with van der Waals surface area (Å²) in [5.74, 6) is 0.841. The maximum absolute atomic E-state index is 12.2. The van der Waals surface area contributed by atoms with Crippen LogP contribution in [-0.2, 0) is 4.79 Å². The van der Waals surface area contributed by atoms with E-state index in [0.717, 1.165) is 21.6 Å². The van der Waals surface area contributed by atoms with E-state index < -0.39 is 0 Å². The Labute approximate surface area is 139 Å². The third-order valence-electron chi connectivity index (χ3n) is 3.63. The lowest BCUT2D eigenvalue weighted by molar-refractivity contribution is -0.128. The molecule has 3 aromatic rings. The number of carbonyl (C=O) groups excluding carboxylic acids is 1. The fraction of sp³-hybridized carbons (Fsp3) is 0.235. The molecule has 2 aromatic heterocycles. The van der Waals surface area contributed by atoms with Crippen LogP contribution in [0.3, 0.4) is 0 Å². The van der Waals surface area contributed by atoms with Gasteiger partial charge in [0.1, 0.15) is 12.1 Å². The fourth-order valence-electron chi connectivity index (χ4n) is 2.35. The van der Waals surface area contributed by atoms with E-state index in [1.165, 1.54) is 0 Å². The smallest absolute Gasteiger partial charge is 0.224 e. The van der Waals surface area contributed by atoms with Crippen molar-refractivity contribution in [3.8, 4) is 0 Å². The van der Waals surface area contributed by atoms with Crippen LogP contribution in [0.15, 0.2) is 48.1 Å². The Kier molecular flexibility index (Phi) is 4.52. The number of thiophene rings is 1. The van der Waals surface area contributed by atoms with Crippen LogP contribution in [-0.4, -0.2) is 34.9 Å². The molecule has 1 atom stereocenters. The first-order chi connectivity index (χ1) is 11.1. The number of rotatable bonds is 5. The van der Waals surface area contributed by atoms with E-state index in [9.17, 15) is 4.79 Å².